The maximum Gasteiger partial charge on any atom is 0.253 e. The number of carbonyl (C=O) groups excluding carboxylic acids is 1. The number of rotatable bonds is 7. The first-order valence-corrected chi connectivity index (χ1v) is 13.3. The number of amides is 1. The Balaban J connectivity index is 1.08. The molecule has 1 aromatic heterocycles. The fraction of sp³-hybridized carbons (Fsp3) is 0.467. The Morgan fingerprint density at radius 3 is 2.60 bits per heavy atom. The Bertz CT molecular complexity index is 1150. The second-order valence-corrected chi connectivity index (χ2v) is 10.2. The van der Waals surface area contributed by atoms with Crippen LogP contribution in [0.1, 0.15) is 53.7 Å². The number of benzene rings is 2. The van der Waals surface area contributed by atoms with Crippen molar-refractivity contribution >= 4 is 16.8 Å². The molecule has 0 spiro atoms. The van der Waals surface area contributed by atoms with Gasteiger partial charge in [0, 0.05) is 36.3 Å². The van der Waals surface area contributed by atoms with Crippen LogP contribution < -0.4 is 4.74 Å². The van der Waals surface area contributed by atoms with Crippen LogP contribution in [0.4, 0.5) is 0 Å². The van der Waals surface area contributed by atoms with E-state index in [0.29, 0.717) is 12.5 Å². The average Bonchev–Trinajstić information content (AvgIpc) is 2.90. The lowest BCUT2D eigenvalue weighted by Crippen LogP contribution is -2.37. The van der Waals surface area contributed by atoms with E-state index in [-0.39, 0.29) is 5.91 Å². The first kappa shape index (κ1) is 23.8. The van der Waals surface area contributed by atoms with E-state index >= 15 is 0 Å². The summed E-state index contributed by atoms with van der Waals surface area (Å²) in [6, 6.07) is 18.6. The topological polar surface area (TPSA) is 45.7 Å². The van der Waals surface area contributed by atoms with E-state index in [4.69, 9.17) is 4.74 Å². The lowest BCUT2D eigenvalue weighted by Gasteiger charge is -2.32. The average molecular weight is 472 g/mol. The Hall–Kier alpha value is -2.92. The molecule has 2 aliphatic heterocycles. The highest BCUT2D eigenvalue weighted by atomic mass is 16.5. The maximum atomic E-state index is 12.9. The van der Waals surface area contributed by atoms with Gasteiger partial charge in [0.05, 0.1) is 5.52 Å². The van der Waals surface area contributed by atoms with E-state index in [1.807, 2.05) is 42.2 Å². The minimum atomic E-state index is 0.207. The van der Waals surface area contributed by atoms with Gasteiger partial charge in [-0.3, -0.25) is 14.7 Å². The molecule has 5 nitrogen and oxygen atoms in total. The second-order valence-electron chi connectivity index (χ2n) is 10.2. The zero-order valence-electron chi connectivity index (χ0n) is 20.9. The van der Waals surface area contributed by atoms with Crippen LogP contribution in [-0.4, -0.2) is 60.0 Å². The number of fused-ring (bicyclic) bond motifs is 1. The number of ether oxygens (including phenoxy) is 1. The van der Waals surface area contributed by atoms with Crippen molar-refractivity contribution < 1.29 is 9.53 Å². The van der Waals surface area contributed by atoms with Crippen molar-refractivity contribution in [3.63, 3.8) is 0 Å². The Kier molecular flexibility index (Phi) is 7.63. The number of aryl methyl sites for hydroxylation is 1. The number of carbonyl (C=O) groups is 1. The number of pyridine rings is 1. The van der Waals surface area contributed by atoms with Gasteiger partial charge in [-0.25, -0.2) is 0 Å². The highest BCUT2D eigenvalue weighted by Crippen LogP contribution is 2.26. The zero-order valence-corrected chi connectivity index (χ0v) is 20.9. The van der Waals surface area contributed by atoms with Crippen molar-refractivity contribution in [1.29, 1.82) is 0 Å². The van der Waals surface area contributed by atoms with Crippen molar-refractivity contribution in [2.45, 2.75) is 45.4 Å². The standard InChI is InChI=1S/C30H37N3O2/c1-23-11-12-27-28(31-23)9-6-10-29(27)35-20-19-32-17-13-24(14-18-32)21-25-7-5-8-26(22-25)30(34)33-15-3-2-4-16-33/h5-12,22,24H,2-4,13-21H2,1H3. The molecule has 3 heterocycles. The van der Waals surface area contributed by atoms with Gasteiger partial charge in [-0.15, -0.1) is 0 Å². The Labute approximate surface area is 209 Å². The molecule has 0 saturated carbocycles. The normalized spacial score (nSPS) is 17.6. The summed E-state index contributed by atoms with van der Waals surface area (Å²) in [6.07, 6.45) is 6.97. The number of hydrogen-bond donors (Lipinski definition) is 0. The van der Waals surface area contributed by atoms with E-state index in [0.717, 1.165) is 79.9 Å². The number of aromatic nitrogens is 1. The van der Waals surface area contributed by atoms with Crippen LogP contribution in [0.5, 0.6) is 5.75 Å². The minimum Gasteiger partial charge on any atom is -0.492 e. The molecular formula is C30H37N3O2. The Morgan fingerprint density at radius 2 is 1.77 bits per heavy atom. The first-order valence-electron chi connectivity index (χ1n) is 13.3. The predicted octanol–water partition coefficient (Wildman–Crippen LogP) is 5.50. The molecule has 2 aromatic carbocycles. The summed E-state index contributed by atoms with van der Waals surface area (Å²) in [5.74, 6) is 1.81. The molecule has 0 bridgehead atoms. The summed E-state index contributed by atoms with van der Waals surface area (Å²) in [5.41, 5.74) is 4.18. The summed E-state index contributed by atoms with van der Waals surface area (Å²) in [5, 5.41) is 1.08. The van der Waals surface area contributed by atoms with Gasteiger partial charge in [0.15, 0.2) is 0 Å². The highest BCUT2D eigenvalue weighted by Gasteiger charge is 2.21. The molecular weight excluding hydrogens is 434 g/mol. The van der Waals surface area contributed by atoms with Crippen LogP contribution in [0.25, 0.3) is 10.9 Å². The molecule has 0 radical (unpaired) electrons. The molecule has 0 N–H and O–H groups in total. The fourth-order valence-corrected chi connectivity index (χ4v) is 5.50. The van der Waals surface area contributed by atoms with Crippen LogP contribution in [0, 0.1) is 12.8 Å². The van der Waals surface area contributed by atoms with E-state index in [1.54, 1.807) is 0 Å². The van der Waals surface area contributed by atoms with Crippen molar-refractivity contribution in [3.8, 4) is 5.75 Å². The van der Waals surface area contributed by atoms with Crippen LogP contribution in [-0.2, 0) is 6.42 Å². The molecule has 2 fully saturated rings. The molecule has 1 amide bonds. The summed E-state index contributed by atoms with van der Waals surface area (Å²) < 4.78 is 6.15. The van der Waals surface area contributed by atoms with Crippen molar-refractivity contribution in [2.75, 3.05) is 39.3 Å². The second kappa shape index (κ2) is 11.2. The third-order valence-electron chi connectivity index (χ3n) is 7.54. The summed E-state index contributed by atoms with van der Waals surface area (Å²) in [4.78, 5) is 22.0. The smallest absolute Gasteiger partial charge is 0.253 e. The fourth-order valence-electron chi connectivity index (χ4n) is 5.50. The highest BCUT2D eigenvalue weighted by molar-refractivity contribution is 5.94. The number of hydrogen-bond acceptors (Lipinski definition) is 4. The largest absolute Gasteiger partial charge is 0.492 e. The Morgan fingerprint density at radius 1 is 0.971 bits per heavy atom. The summed E-state index contributed by atoms with van der Waals surface area (Å²) in [7, 11) is 0. The van der Waals surface area contributed by atoms with E-state index in [1.165, 1.54) is 24.8 Å². The van der Waals surface area contributed by atoms with Crippen LogP contribution in [0.15, 0.2) is 54.6 Å². The third-order valence-corrected chi connectivity index (χ3v) is 7.54. The van der Waals surface area contributed by atoms with E-state index in [2.05, 4.69) is 34.1 Å². The molecule has 184 valence electrons. The minimum absolute atomic E-state index is 0.207. The zero-order chi connectivity index (χ0) is 24.0. The molecule has 5 heteroatoms. The first-order chi connectivity index (χ1) is 17.2. The maximum absolute atomic E-state index is 12.9. The van der Waals surface area contributed by atoms with E-state index in [9.17, 15) is 4.79 Å². The van der Waals surface area contributed by atoms with Crippen molar-refractivity contribution in [2.24, 2.45) is 5.92 Å². The molecule has 0 aliphatic carbocycles. The lowest BCUT2D eigenvalue weighted by molar-refractivity contribution is 0.0724. The number of likely N-dealkylation sites (tertiary alicyclic amines) is 2. The van der Waals surface area contributed by atoms with Gasteiger partial charge in [0.2, 0.25) is 0 Å². The molecule has 2 aliphatic rings. The van der Waals surface area contributed by atoms with Gasteiger partial charge < -0.3 is 9.64 Å². The summed E-state index contributed by atoms with van der Waals surface area (Å²) in [6.45, 7) is 7.68. The van der Waals surface area contributed by atoms with Gasteiger partial charge in [-0.2, -0.15) is 0 Å². The molecule has 0 atom stereocenters. The SMILES string of the molecule is Cc1ccc2c(OCCN3CCC(Cc4cccc(C(=O)N5CCCCC5)c4)CC3)cccc2n1. The molecule has 3 aromatic rings. The van der Waals surface area contributed by atoms with Gasteiger partial charge in [0.25, 0.3) is 5.91 Å². The number of nitrogens with zero attached hydrogens (tertiary/aromatic N) is 3. The lowest BCUT2D eigenvalue weighted by atomic mass is 9.89. The monoisotopic (exact) mass is 471 g/mol. The van der Waals surface area contributed by atoms with Crippen molar-refractivity contribution in [3.05, 3.63) is 71.4 Å². The summed E-state index contributed by atoms with van der Waals surface area (Å²) >= 11 is 0. The van der Waals surface area contributed by atoms with Crippen molar-refractivity contribution in [1.82, 2.24) is 14.8 Å². The van der Waals surface area contributed by atoms with Crippen LogP contribution in [0.3, 0.4) is 0 Å². The molecule has 35 heavy (non-hydrogen) atoms. The number of piperidine rings is 2. The van der Waals surface area contributed by atoms with Gasteiger partial charge in [0.1, 0.15) is 12.4 Å². The molecule has 5 rings (SSSR count). The van der Waals surface area contributed by atoms with E-state index < -0.39 is 0 Å². The van der Waals surface area contributed by atoms with Gasteiger partial charge >= 0.3 is 0 Å². The quantitative estimate of drug-likeness (QED) is 0.456. The van der Waals surface area contributed by atoms with Gasteiger partial charge in [-0.05, 0) is 106 Å². The van der Waals surface area contributed by atoms with Crippen LogP contribution in [0.2, 0.25) is 0 Å². The third kappa shape index (κ3) is 6.02. The molecule has 2 saturated heterocycles. The predicted molar refractivity (Wildman–Crippen MR) is 141 cm³/mol. The van der Waals surface area contributed by atoms with Crippen LogP contribution >= 0.6 is 0 Å². The molecule has 0 unspecified atom stereocenters. The van der Waals surface area contributed by atoms with Gasteiger partial charge in [-0.1, -0.05) is 18.2 Å².